The molecule has 2 aromatic heterocycles. The maximum atomic E-state index is 12.9. The molecule has 0 aliphatic carbocycles. The first-order valence-electron chi connectivity index (χ1n) is 18.1. The van der Waals surface area contributed by atoms with E-state index in [2.05, 4.69) is 41.9 Å². The molecule has 0 fully saturated rings. The Morgan fingerprint density at radius 3 is 1.35 bits per heavy atom. The Morgan fingerprint density at radius 1 is 0.523 bits per heavy atom. The molecular weight excluding hydrogens is 933 g/mol. The minimum atomic E-state index is -4.64. The van der Waals surface area contributed by atoms with Crippen LogP contribution in [0, 0.1) is 0 Å². The van der Waals surface area contributed by atoms with Gasteiger partial charge in [0.1, 0.15) is 28.6 Å². The van der Waals surface area contributed by atoms with Crippen LogP contribution in [0.15, 0.2) is 122 Å². The lowest BCUT2D eigenvalue weighted by Crippen LogP contribution is -2.19. The molecule has 0 aliphatic rings. The van der Waals surface area contributed by atoms with Crippen LogP contribution < -0.4 is 36.6 Å². The topological polar surface area (TPSA) is 196 Å². The van der Waals surface area contributed by atoms with E-state index in [1.807, 2.05) is 0 Å². The highest BCUT2D eigenvalue weighted by molar-refractivity contribution is 6.32. The number of ether oxygens (including phenoxy) is 1. The van der Waals surface area contributed by atoms with E-state index in [1.165, 1.54) is 68.0 Å². The summed E-state index contributed by atoms with van der Waals surface area (Å²) in [6.07, 6.45) is -6.33. The Morgan fingerprint density at radius 2 is 0.923 bits per heavy atom. The normalized spacial score (nSPS) is 10.7. The number of aromatic hydroxyl groups is 1. The molecule has 0 spiro atoms. The highest BCUT2D eigenvalue weighted by atomic mass is 35.5. The van der Waals surface area contributed by atoms with Crippen LogP contribution in [-0.4, -0.2) is 53.0 Å². The fraction of sp³-hybridized carbons (Fsp3) is 0.0952. The fourth-order valence-electron chi connectivity index (χ4n) is 4.90. The number of hydrogen-bond donors (Lipinski definition) is 7. The van der Waals surface area contributed by atoms with E-state index < -0.39 is 45.6 Å². The lowest BCUT2D eigenvalue weighted by molar-refractivity contribution is -0.138. The number of urea groups is 2. The molecule has 0 saturated heterocycles. The zero-order valence-electron chi connectivity index (χ0n) is 33.3. The molecule has 7 N–H and O–H groups in total. The third-order valence-corrected chi connectivity index (χ3v) is 8.80. The average molecular weight is 966 g/mol. The molecule has 0 atom stereocenters. The molecule has 23 heteroatoms. The highest BCUT2D eigenvalue weighted by Crippen LogP contribution is 2.37. The number of halogens is 9. The number of nitrogens with zero attached hydrogens (tertiary/aromatic N) is 2. The van der Waals surface area contributed by atoms with Gasteiger partial charge in [-0.25, -0.2) is 9.59 Å². The third-order valence-electron chi connectivity index (χ3n) is 7.91. The number of phenolic OH excluding ortho intramolecular Hbond substituents is 1. The van der Waals surface area contributed by atoms with Crippen molar-refractivity contribution < 1.29 is 55.4 Å². The number of phenols is 1. The van der Waals surface area contributed by atoms with Gasteiger partial charge in [-0.05, 0) is 103 Å². The summed E-state index contributed by atoms with van der Waals surface area (Å²) in [7, 11) is 3.03. The van der Waals surface area contributed by atoms with Crippen molar-refractivity contribution in [2.45, 2.75) is 12.4 Å². The summed E-state index contributed by atoms with van der Waals surface area (Å²) in [6.45, 7) is 0. The maximum Gasteiger partial charge on any atom is 0.417 e. The number of aromatic nitrogens is 2. The Kier molecular flexibility index (Phi) is 17.7. The minimum absolute atomic E-state index is 0.0264. The van der Waals surface area contributed by atoms with Crippen molar-refractivity contribution in [2.75, 3.05) is 35.4 Å². The number of carbonyl (C=O) groups excluding carboxylic acids is 4. The van der Waals surface area contributed by atoms with E-state index in [4.69, 9.17) is 44.6 Å². The third kappa shape index (κ3) is 16.1. The zero-order valence-corrected chi connectivity index (χ0v) is 35.6. The van der Waals surface area contributed by atoms with Crippen molar-refractivity contribution in [1.82, 2.24) is 20.6 Å². The molecule has 2 heterocycles. The van der Waals surface area contributed by atoms with Gasteiger partial charge in [0.25, 0.3) is 11.8 Å². The van der Waals surface area contributed by atoms with Gasteiger partial charge >= 0.3 is 24.4 Å². The van der Waals surface area contributed by atoms with E-state index >= 15 is 0 Å². The largest absolute Gasteiger partial charge is 0.508 e. The van der Waals surface area contributed by atoms with Crippen LogP contribution >= 0.6 is 34.8 Å². The molecule has 340 valence electrons. The van der Waals surface area contributed by atoms with Crippen molar-refractivity contribution in [1.29, 1.82) is 0 Å². The molecule has 65 heavy (non-hydrogen) atoms. The number of alkyl halides is 6. The van der Waals surface area contributed by atoms with Crippen LogP contribution in [0.3, 0.4) is 0 Å². The molecule has 14 nitrogen and oxygen atoms in total. The van der Waals surface area contributed by atoms with Crippen LogP contribution in [0.5, 0.6) is 17.2 Å². The van der Waals surface area contributed by atoms with Crippen molar-refractivity contribution in [3.63, 3.8) is 0 Å². The van der Waals surface area contributed by atoms with Gasteiger partial charge in [0.2, 0.25) is 0 Å². The molecule has 6 amide bonds. The quantitative estimate of drug-likeness (QED) is 0.0578. The van der Waals surface area contributed by atoms with Crippen molar-refractivity contribution in [3.8, 4) is 17.2 Å². The maximum absolute atomic E-state index is 12.9. The van der Waals surface area contributed by atoms with E-state index in [0.29, 0.717) is 33.6 Å². The lowest BCUT2D eigenvalue weighted by atomic mass is 10.2. The van der Waals surface area contributed by atoms with Gasteiger partial charge < -0.3 is 41.7 Å². The van der Waals surface area contributed by atoms with Crippen LogP contribution in [0.1, 0.15) is 32.1 Å². The summed E-state index contributed by atoms with van der Waals surface area (Å²) in [5.41, 5.74) is -0.917. The summed E-state index contributed by atoms with van der Waals surface area (Å²) >= 11 is 16.7. The van der Waals surface area contributed by atoms with Crippen LogP contribution in [-0.2, 0) is 12.4 Å². The van der Waals surface area contributed by atoms with E-state index in [9.17, 15) is 45.5 Å². The molecule has 0 radical (unpaired) electrons. The molecule has 0 unspecified atom stereocenters. The smallest absolute Gasteiger partial charge is 0.417 e. The summed E-state index contributed by atoms with van der Waals surface area (Å²) < 4.78 is 82.6. The fourth-order valence-corrected chi connectivity index (χ4v) is 5.51. The number of carbonyl (C=O) groups is 4. The molecule has 0 bridgehead atoms. The first kappa shape index (κ1) is 50.4. The van der Waals surface area contributed by atoms with Gasteiger partial charge in [-0.2, -0.15) is 26.3 Å². The standard InChI is InChI=1S/C21H16ClF3N4O3.C14H10ClF3N2O2.C7H7ClN2O/c1-26-19(30)18-11-15(8-9-27-18)32-14-5-2-12(3-6-14)28-20(31)29-13-4-7-17(22)16(10-13)21(23,24)25;15-12-6-3-9(7-11(12)14(16,17)18)20-13(22)19-8-1-4-10(21)5-2-8;1-9-7(11)6-4-5(8)2-3-10-6/h2-11H,1H3,(H,26,30)(H2,28,29,31);1-7,21H,(H2,19,20,22);2-4H,1H3,(H,9,11). The Balaban J connectivity index is 0.000000241. The second-order valence-corrected chi connectivity index (χ2v) is 13.9. The van der Waals surface area contributed by atoms with Crippen LogP contribution in [0.2, 0.25) is 15.1 Å². The second kappa shape index (κ2) is 22.9. The number of nitrogens with one attached hydrogen (secondary N) is 6. The van der Waals surface area contributed by atoms with Gasteiger partial charge in [-0.15, -0.1) is 0 Å². The highest BCUT2D eigenvalue weighted by Gasteiger charge is 2.34. The van der Waals surface area contributed by atoms with Crippen LogP contribution in [0.4, 0.5) is 58.7 Å². The van der Waals surface area contributed by atoms with Crippen molar-refractivity contribution >= 4 is 81.4 Å². The number of hydrogen-bond acceptors (Lipinski definition) is 8. The molecule has 6 rings (SSSR count). The van der Waals surface area contributed by atoms with E-state index in [0.717, 1.165) is 24.3 Å². The van der Waals surface area contributed by atoms with Gasteiger partial charge in [-0.1, -0.05) is 34.8 Å². The molecule has 0 aliphatic heterocycles. The van der Waals surface area contributed by atoms with Gasteiger partial charge in [0.15, 0.2) is 0 Å². The monoisotopic (exact) mass is 964 g/mol. The molecule has 4 aromatic carbocycles. The summed E-state index contributed by atoms with van der Waals surface area (Å²) in [6, 6.07) is 22.7. The number of amides is 6. The molecule has 0 saturated carbocycles. The number of pyridine rings is 2. The first-order valence-corrected chi connectivity index (χ1v) is 19.3. The minimum Gasteiger partial charge on any atom is -0.508 e. The van der Waals surface area contributed by atoms with Gasteiger partial charge in [0.05, 0.1) is 21.2 Å². The Hall–Kier alpha value is -7.29. The van der Waals surface area contributed by atoms with Crippen molar-refractivity contribution in [3.05, 3.63) is 159 Å². The Labute approximate surface area is 380 Å². The predicted molar refractivity (Wildman–Crippen MR) is 233 cm³/mol. The summed E-state index contributed by atoms with van der Waals surface area (Å²) in [4.78, 5) is 54.2. The average Bonchev–Trinajstić information content (AvgIpc) is 3.25. The molecule has 6 aromatic rings. The molecular formula is C42H33Cl3F6N8O6. The SMILES string of the molecule is CNC(=O)c1cc(Cl)ccn1.CNC(=O)c1cc(Oc2ccc(NC(=O)Nc3ccc(Cl)c(C(F)(F)F)c3)cc2)ccn1.O=C(Nc1ccc(O)cc1)Nc1ccc(Cl)c(C(F)(F)F)c1. The van der Waals surface area contributed by atoms with E-state index in [1.54, 1.807) is 43.4 Å². The Bertz CT molecular complexity index is 2620. The number of anilines is 4. The van der Waals surface area contributed by atoms with Crippen molar-refractivity contribution in [2.24, 2.45) is 0 Å². The lowest BCUT2D eigenvalue weighted by Gasteiger charge is -2.12. The van der Waals surface area contributed by atoms with E-state index in [-0.39, 0.29) is 34.6 Å². The van der Waals surface area contributed by atoms with Gasteiger partial charge in [-0.3, -0.25) is 19.6 Å². The van der Waals surface area contributed by atoms with Gasteiger partial charge in [0, 0.05) is 60.3 Å². The zero-order chi connectivity index (χ0) is 47.9. The number of benzene rings is 4. The number of rotatable bonds is 8. The second-order valence-electron chi connectivity index (χ2n) is 12.6. The summed E-state index contributed by atoms with van der Waals surface area (Å²) in [5.74, 6) is 0.257. The predicted octanol–water partition coefficient (Wildman–Crippen LogP) is 11.4. The summed E-state index contributed by atoms with van der Waals surface area (Å²) in [5, 5.41) is 23.1. The first-order chi connectivity index (χ1) is 30.6. The van der Waals surface area contributed by atoms with Crippen LogP contribution in [0.25, 0.3) is 0 Å².